The van der Waals surface area contributed by atoms with E-state index in [1.54, 1.807) is 55.6 Å². The SMILES string of the molecule is Cn1c(=O)n(CC(=O)NNC(=O)c2cccc(S(=O)(=O)NCc3ccccc3)c2)c2ccccc21. The third-order valence-electron chi connectivity index (χ3n) is 5.38. The van der Waals surface area contributed by atoms with Crippen molar-refractivity contribution < 1.29 is 18.0 Å². The lowest BCUT2D eigenvalue weighted by Crippen LogP contribution is -2.44. The average molecular weight is 494 g/mol. The maximum absolute atomic E-state index is 12.6. The van der Waals surface area contributed by atoms with Crippen LogP contribution in [-0.4, -0.2) is 29.4 Å². The minimum Gasteiger partial charge on any atom is -0.295 e. The molecule has 0 fully saturated rings. The van der Waals surface area contributed by atoms with Gasteiger partial charge < -0.3 is 0 Å². The Morgan fingerprint density at radius 2 is 1.54 bits per heavy atom. The van der Waals surface area contributed by atoms with E-state index in [2.05, 4.69) is 15.6 Å². The van der Waals surface area contributed by atoms with E-state index in [-0.39, 0.29) is 29.2 Å². The molecule has 1 heterocycles. The van der Waals surface area contributed by atoms with Crippen LogP contribution in [0.1, 0.15) is 15.9 Å². The van der Waals surface area contributed by atoms with Gasteiger partial charge in [-0.2, -0.15) is 0 Å². The molecule has 0 aliphatic heterocycles. The maximum Gasteiger partial charge on any atom is 0.329 e. The lowest BCUT2D eigenvalue weighted by Gasteiger charge is -2.10. The van der Waals surface area contributed by atoms with Gasteiger partial charge in [-0.25, -0.2) is 17.9 Å². The minimum absolute atomic E-state index is 0.0372. The summed E-state index contributed by atoms with van der Waals surface area (Å²) in [5.41, 5.74) is 6.24. The lowest BCUT2D eigenvalue weighted by atomic mass is 10.2. The molecule has 0 aliphatic carbocycles. The van der Waals surface area contributed by atoms with E-state index >= 15 is 0 Å². The van der Waals surface area contributed by atoms with Crippen molar-refractivity contribution in [1.29, 1.82) is 0 Å². The number of para-hydroxylation sites is 2. The number of imidazole rings is 1. The van der Waals surface area contributed by atoms with Crippen LogP contribution < -0.4 is 21.3 Å². The number of hydrogen-bond acceptors (Lipinski definition) is 5. The first-order valence-electron chi connectivity index (χ1n) is 10.6. The Labute approximate surface area is 201 Å². The fourth-order valence-electron chi connectivity index (χ4n) is 3.56. The molecule has 0 saturated heterocycles. The number of carbonyl (C=O) groups excluding carboxylic acids is 2. The van der Waals surface area contributed by atoms with Crippen LogP contribution in [0.5, 0.6) is 0 Å². The van der Waals surface area contributed by atoms with Gasteiger partial charge in [-0.15, -0.1) is 0 Å². The Hall–Kier alpha value is -4.22. The highest BCUT2D eigenvalue weighted by atomic mass is 32.2. The van der Waals surface area contributed by atoms with Gasteiger partial charge in [0.15, 0.2) is 0 Å². The quantitative estimate of drug-likeness (QED) is 0.334. The van der Waals surface area contributed by atoms with Gasteiger partial charge in [0.25, 0.3) is 11.8 Å². The maximum atomic E-state index is 12.6. The van der Waals surface area contributed by atoms with Crippen LogP contribution in [0.3, 0.4) is 0 Å². The molecule has 0 spiro atoms. The van der Waals surface area contributed by atoms with Gasteiger partial charge in [0, 0.05) is 19.2 Å². The predicted octanol–water partition coefficient (Wildman–Crippen LogP) is 1.28. The Kier molecular flexibility index (Phi) is 6.80. The molecule has 35 heavy (non-hydrogen) atoms. The van der Waals surface area contributed by atoms with Crippen molar-refractivity contribution in [1.82, 2.24) is 24.7 Å². The van der Waals surface area contributed by atoms with Gasteiger partial charge in [-0.05, 0) is 35.9 Å². The molecule has 10 nitrogen and oxygen atoms in total. The zero-order valence-electron chi connectivity index (χ0n) is 18.8. The van der Waals surface area contributed by atoms with E-state index in [0.717, 1.165) is 5.56 Å². The average Bonchev–Trinajstić information content (AvgIpc) is 3.11. The summed E-state index contributed by atoms with van der Waals surface area (Å²) in [6.07, 6.45) is 0. The first kappa shape index (κ1) is 23.9. The van der Waals surface area contributed by atoms with Crippen molar-refractivity contribution >= 4 is 32.9 Å². The molecule has 4 rings (SSSR count). The first-order valence-corrected chi connectivity index (χ1v) is 12.1. The topological polar surface area (TPSA) is 131 Å². The first-order chi connectivity index (χ1) is 16.8. The van der Waals surface area contributed by atoms with Crippen LogP contribution in [-0.2, 0) is 35.0 Å². The van der Waals surface area contributed by atoms with Crippen molar-refractivity contribution in [2.75, 3.05) is 0 Å². The number of nitrogens with zero attached hydrogens (tertiary/aromatic N) is 2. The summed E-state index contributed by atoms with van der Waals surface area (Å²) in [5.74, 6) is -1.33. The van der Waals surface area contributed by atoms with E-state index in [9.17, 15) is 22.8 Å². The molecule has 2 amide bonds. The number of nitrogens with one attached hydrogen (secondary N) is 3. The van der Waals surface area contributed by atoms with Crippen LogP contribution in [0.15, 0.2) is 88.6 Å². The number of fused-ring (bicyclic) bond motifs is 1. The van der Waals surface area contributed by atoms with Gasteiger partial charge in [-0.1, -0.05) is 48.5 Å². The second kappa shape index (κ2) is 9.95. The molecular weight excluding hydrogens is 470 g/mol. The third-order valence-corrected chi connectivity index (χ3v) is 6.78. The molecule has 180 valence electrons. The zero-order valence-corrected chi connectivity index (χ0v) is 19.6. The van der Waals surface area contributed by atoms with Gasteiger partial charge in [0.2, 0.25) is 10.0 Å². The summed E-state index contributed by atoms with van der Waals surface area (Å²) >= 11 is 0. The Morgan fingerprint density at radius 3 is 2.29 bits per heavy atom. The van der Waals surface area contributed by atoms with E-state index < -0.39 is 21.8 Å². The van der Waals surface area contributed by atoms with Gasteiger partial charge in [-0.3, -0.25) is 29.6 Å². The van der Waals surface area contributed by atoms with E-state index in [1.165, 1.54) is 33.4 Å². The van der Waals surface area contributed by atoms with Gasteiger partial charge in [0.1, 0.15) is 6.54 Å². The van der Waals surface area contributed by atoms with Crippen LogP contribution in [0.2, 0.25) is 0 Å². The number of sulfonamides is 1. The fourth-order valence-corrected chi connectivity index (χ4v) is 4.62. The highest BCUT2D eigenvalue weighted by molar-refractivity contribution is 7.89. The fraction of sp³-hybridized carbons (Fsp3) is 0.125. The van der Waals surface area contributed by atoms with Crippen LogP contribution >= 0.6 is 0 Å². The number of carbonyl (C=O) groups is 2. The lowest BCUT2D eigenvalue weighted by molar-refractivity contribution is -0.122. The summed E-state index contributed by atoms with van der Waals surface area (Å²) in [6.45, 7) is -0.207. The highest BCUT2D eigenvalue weighted by Gasteiger charge is 2.17. The Morgan fingerprint density at radius 1 is 0.857 bits per heavy atom. The summed E-state index contributed by atoms with van der Waals surface area (Å²) in [7, 11) is -2.26. The molecule has 0 radical (unpaired) electrons. The largest absolute Gasteiger partial charge is 0.329 e. The summed E-state index contributed by atoms with van der Waals surface area (Å²) < 4.78 is 30.5. The van der Waals surface area contributed by atoms with E-state index in [0.29, 0.717) is 11.0 Å². The zero-order chi connectivity index (χ0) is 25.0. The van der Waals surface area contributed by atoms with E-state index in [4.69, 9.17) is 0 Å². The van der Waals surface area contributed by atoms with Crippen molar-refractivity contribution in [3.63, 3.8) is 0 Å². The van der Waals surface area contributed by atoms with Crippen LogP contribution in [0, 0.1) is 0 Å². The van der Waals surface area contributed by atoms with Crippen LogP contribution in [0.4, 0.5) is 0 Å². The number of amides is 2. The second-order valence-corrected chi connectivity index (χ2v) is 9.52. The predicted molar refractivity (Wildman–Crippen MR) is 130 cm³/mol. The molecule has 1 aromatic heterocycles. The summed E-state index contributed by atoms with van der Waals surface area (Å²) in [4.78, 5) is 37.3. The van der Waals surface area contributed by atoms with E-state index in [1.807, 2.05) is 6.07 Å². The molecule has 3 N–H and O–H groups in total. The second-order valence-electron chi connectivity index (χ2n) is 7.76. The Balaban J connectivity index is 1.40. The standard InChI is InChI=1S/C24H23N5O5S/c1-28-20-12-5-6-13-21(20)29(24(28)32)16-22(30)26-27-23(31)18-10-7-11-19(14-18)35(33,34)25-15-17-8-3-2-4-9-17/h2-14,25H,15-16H2,1H3,(H,26,30)(H,27,31). The summed E-state index contributed by atoms with van der Waals surface area (Å²) in [6, 6.07) is 21.5. The number of hydrogen-bond donors (Lipinski definition) is 3. The normalized spacial score (nSPS) is 11.3. The molecule has 0 atom stereocenters. The summed E-state index contributed by atoms with van der Waals surface area (Å²) in [5, 5.41) is 0. The monoisotopic (exact) mass is 493 g/mol. The number of rotatable bonds is 7. The van der Waals surface area contributed by atoms with Crippen LogP contribution in [0.25, 0.3) is 11.0 Å². The van der Waals surface area contributed by atoms with Crippen molar-refractivity contribution in [3.8, 4) is 0 Å². The smallest absolute Gasteiger partial charge is 0.295 e. The van der Waals surface area contributed by atoms with Crippen molar-refractivity contribution in [2.24, 2.45) is 7.05 Å². The molecule has 4 aromatic rings. The molecule has 0 aliphatic rings. The number of hydrazine groups is 1. The van der Waals surface area contributed by atoms with Crippen molar-refractivity contribution in [3.05, 3.63) is 100 Å². The highest BCUT2D eigenvalue weighted by Crippen LogP contribution is 2.13. The molecule has 11 heteroatoms. The molecule has 3 aromatic carbocycles. The number of aromatic nitrogens is 2. The number of benzene rings is 3. The molecule has 0 saturated carbocycles. The molecular formula is C24H23N5O5S. The minimum atomic E-state index is -3.87. The van der Waals surface area contributed by atoms with Gasteiger partial charge >= 0.3 is 5.69 Å². The third kappa shape index (κ3) is 5.31. The van der Waals surface area contributed by atoms with Crippen molar-refractivity contribution in [2.45, 2.75) is 18.0 Å². The Bertz CT molecular complexity index is 1560. The van der Waals surface area contributed by atoms with Gasteiger partial charge in [0.05, 0.1) is 15.9 Å². The molecule has 0 bridgehead atoms. The number of aryl methyl sites for hydroxylation is 1. The molecule has 0 unspecified atom stereocenters.